The molecular formula is C19H33Cl2N5O. The van der Waals surface area contributed by atoms with E-state index in [1.54, 1.807) is 0 Å². The van der Waals surface area contributed by atoms with Crippen LogP contribution in [0.1, 0.15) is 50.5 Å². The molecule has 2 N–H and O–H groups in total. The van der Waals surface area contributed by atoms with Gasteiger partial charge in [0.25, 0.3) is 0 Å². The predicted octanol–water partition coefficient (Wildman–Crippen LogP) is 2.75. The van der Waals surface area contributed by atoms with Gasteiger partial charge < -0.3 is 15.5 Å². The average molecular weight is 418 g/mol. The monoisotopic (exact) mass is 417 g/mol. The quantitative estimate of drug-likeness (QED) is 0.769. The van der Waals surface area contributed by atoms with E-state index in [1.807, 2.05) is 6.92 Å². The predicted molar refractivity (Wildman–Crippen MR) is 114 cm³/mol. The van der Waals surface area contributed by atoms with E-state index in [0.29, 0.717) is 30.8 Å². The Morgan fingerprint density at radius 1 is 1.26 bits per heavy atom. The maximum Gasteiger partial charge on any atom is 0.222 e. The third-order valence-corrected chi connectivity index (χ3v) is 5.45. The number of aromatic nitrogens is 2. The number of fused-ring (bicyclic) bond motifs is 1. The minimum Gasteiger partial charge on any atom is -0.356 e. The summed E-state index contributed by atoms with van der Waals surface area (Å²) in [5, 5.41) is 0. The van der Waals surface area contributed by atoms with E-state index in [-0.39, 0.29) is 24.8 Å². The van der Waals surface area contributed by atoms with Crippen molar-refractivity contribution in [2.24, 2.45) is 11.7 Å². The van der Waals surface area contributed by atoms with Crippen LogP contribution in [0.4, 0.5) is 5.82 Å². The van der Waals surface area contributed by atoms with Crippen LogP contribution < -0.4 is 10.6 Å². The van der Waals surface area contributed by atoms with Crippen molar-refractivity contribution in [3.63, 3.8) is 0 Å². The van der Waals surface area contributed by atoms with Crippen molar-refractivity contribution in [3.8, 4) is 0 Å². The van der Waals surface area contributed by atoms with Gasteiger partial charge in [-0.05, 0) is 45.1 Å². The van der Waals surface area contributed by atoms with Gasteiger partial charge in [0.1, 0.15) is 11.6 Å². The molecular weight excluding hydrogens is 385 g/mol. The van der Waals surface area contributed by atoms with Crippen molar-refractivity contribution in [1.29, 1.82) is 0 Å². The largest absolute Gasteiger partial charge is 0.356 e. The second kappa shape index (κ2) is 11.0. The van der Waals surface area contributed by atoms with Gasteiger partial charge in [0.05, 0.1) is 0 Å². The highest BCUT2D eigenvalue weighted by Crippen LogP contribution is 2.33. The van der Waals surface area contributed by atoms with Crippen LogP contribution in [-0.4, -0.2) is 53.0 Å². The summed E-state index contributed by atoms with van der Waals surface area (Å²) in [5.74, 6) is 2.76. The highest BCUT2D eigenvalue weighted by molar-refractivity contribution is 5.85. The van der Waals surface area contributed by atoms with Crippen molar-refractivity contribution in [1.82, 2.24) is 14.9 Å². The number of aryl methyl sites for hydroxylation is 2. The molecule has 0 radical (unpaired) electrons. The standard InChI is InChI=1S/C19H31N5O.2ClH/c1-3-5-16-12-18(22-14(2)21-16)23-11-8-17-15(13-23)6-7-19(25)24(17)10-4-9-20;;/h12,15,17H,3-11,13,20H2,1-2H3;2*1H/t15-,17+;;/m0../s1. The molecule has 0 unspecified atom stereocenters. The minimum absolute atomic E-state index is 0. The SMILES string of the molecule is CCCc1cc(N2CC[C@@H]3[C@@H](CCC(=O)N3CCCN)C2)nc(C)n1.Cl.Cl. The van der Waals surface area contributed by atoms with E-state index < -0.39 is 0 Å². The smallest absolute Gasteiger partial charge is 0.222 e. The first-order chi connectivity index (χ1) is 12.1. The molecule has 2 aliphatic rings. The molecule has 0 aromatic carbocycles. The highest BCUT2D eigenvalue weighted by atomic mass is 35.5. The molecule has 154 valence electrons. The zero-order chi connectivity index (χ0) is 17.8. The fourth-order valence-corrected chi connectivity index (χ4v) is 4.27. The molecule has 1 amide bonds. The lowest BCUT2D eigenvalue weighted by atomic mass is 9.83. The summed E-state index contributed by atoms with van der Waals surface area (Å²) in [5.41, 5.74) is 6.78. The fourth-order valence-electron chi connectivity index (χ4n) is 4.27. The molecule has 0 bridgehead atoms. The number of likely N-dealkylation sites (tertiary alicyclic amines) is 1. The molecule has 6 nitrogen and oxygen atoms in total. The normalized spacial score (nSPS) is 22.0. The van der Waals surface area contributed by atoms with E-state index in [9.17, 15) is 4.79 Å². The Balaban J connectivity index is 0.00000182. The Bertz CT molecular complexity index is 616. The summed E-state index contributed by atoms with van der Waals surface area (Å²) >= 11 is 0. The maximum absolute atomic E-state index is 12.3. The summed E-state index contributed by atoms with van der Waals surface area (Å²) in [6.45, 7) is 7.55. The van der Waals surface area contributed by atoms with Crippen LogP contribution in [0.15, 0.2) is 6.07 Å². The fraction of sp³-hybridized carbons (Fsp3) is 0.737. The maximum atomic E-state index is 12.3. The molecule has 3 rings (SSSR count). The van der Waals surface area contributed by atoms with Crippen LogP contribution in [0.5, 0.6) is 0 Å². The van der Waals surface area contributed by atoms with Crippen molar-refractivity contribution in [2.75, 3.05) is 31.1 Å². The van der Waals surface area contributed by atoms with Crippen LogP contribution in [0.2, 0.25) is 0 Å². The molecule has 0 spiro atoms. The summed E-state index contributed by atoms with van der Waals surface area (Å²) < 4.78 is 0. The summed E-state index contributed by atoms with van der Waals surface area (Å²) in [6, 6.07) is 2.53. The number of piperidine rings is 2. The van der Waals surface area contributed by atoms with Gasteiger partial charge in [-0.25, -0.2) is 9.97 Å². The first-order valence-corrected chi connectivity index (χ1v) is 9.71. The van der Waals surface area contributed by atoms with Crippen molar-refractivity contribution >= 4 is 36.5 Å². The Morgan fingerprint density at radius 3 is 2.74 bits per heavy atom. The second-order valence-corrected chi connectivity index (χ2v) is 7.34. The lowest BCUT2D eigenvalue weighted by Crippen LogP contribution is -2.56. The lowest BCUT2D eigenvalue weighted by molar-refractivity contribution is -0.139. The minimum atomic E-state index is 0. The molecule has 27 heavy (non-hydrogen) atoms. The van der Waals surface area contributed by atoms with Crippen LogP contribution >= 0.6 is 24.8 Å². The van der Waals surface area contributed by atoms with Crippen LogP contribution in [0.25, 0.3) is 0 Å². The first-order valence-electron chi connectivity index (χ1n) is 9.71. The van der Waals surface area contributed by atoms with E-state index >= 15 is 0 Å². The number of nitrogens with two attached hydrogens (primary N) is 1. The number of halogens is 2. The molecule has 1 aromatic heterocycles. The number of hydrogen-bond donors (Lipinski definition) is 1. The molecule has 3 heterocycles. The van der Waals surface area contributed by atoms with Gasteiger partial charge in [0, 0.05) is 43.9 Å². The van der Waals surface area contributed by atoms with Gasteiger partial charge in [0.15, 0.2) is 0 Å². The number of nitrogens with zero attached hydrogens (tertiary/aromatic N) is 4. The van der Waals surface area contributed by atoms with Gasteiger partial charge in [-0.3, -0.25) is 4.79 Å². The van der Waals surface area contributed by atoms with Gasteiger partial charge >= 0.3 is 0 Å². The first kappa shape index (κ1) is 23.9. The Morgan fingerprint density at radius 2 is 2.04 bits per heavy atom. The van der Waals surface area contributed by atoms with Crippen molar-refractivity contribution in [2.45, 2.75) is 58.4 Å². The number of carbonyl (C=O) groups is 1. The third-order valence-electron chi connectivity index (χ3n) is 5.45. The second-order valence-electron chi connectivity index (χ2n) is 7.34. The van der Waals surface area contributed by atoms with Crippen LogP contribution in [-0.2, 0) is 11.2 Å². The zero-order valence-corrected chi connectivity index (χ0v) is 18.0. The lowest BCUT2D eigenvalue weighted by Gasteiger charge is -2.47. The van der Waals surface area contributed by atoms with Crippen molar-refractivity contribution < 1.29 is 4.79 Å². The Hall–Kier alpha value is -1.11. The van der Waals surface area contributed by atoms with E-state index in [1.165, 1.54) is 0 Å². The third kappa shape index (κ3) is 5.69. The number of anilines is 1. The van der Waals surface area contributed by atoms with Crippen LogP contribution in [0.3, 0.4) is 0 Å². The average Bonchev–Trinajstić information content (AvgIpc) is 2.60. The number of hydrogen-bond acceptors (Lipinski definition) is 5. The molecule has 1 aromatic rings. The zero-order valence-electron chi connectivity index (χ0n) is 16.4. The Labute approximate surface area is 175 Å². The van der Waals surface area contributed by atoms with E-state index in [2.05, 4.69) is 32.8 Å². The molecule has 0 saturated carbocycles. The number of amides is 1. The topological polar surface area (TPSA) is 75.4 Å². The summed E-state index contributed by atoms with van der Waals surface area (Å²) in [7, 11) is 0. The van der Waals surface area contributed by atoms with E-state index in [4.69, 9.17) is 5.73 Å². The molecule has 8 heteroatoms. The van der Waals surface area contributed by atoms with Gasteiger partial charge in [0.2, 0.25) is 5.91 Å². The van der Waals surface area contributed by atoms with Gasteiger partial charge in [-0.15, -0.1) is 24.8 Å². The summed E-state index contributed by atoms with van der Waals surface area (Å²) in [4.78, 5) is 26.0. The van der Waals surface area contributed by atoms with Gasteiger partial charge in [-0.2, -0.15) is 0 Å². The molecule has 2 aliphatic heterocycles. The summed E-state index contributed by atoms with van der Waals surface area (Å²) in [6.07, 6.45) is 5.67. The molecule has 0 aliphatic carbocycles. The van der Waals surface area contributed by atoms with Crippen LogP contribution in [0, 0.1) is 12.8 Å². The molecule has 2 saturated heterocycles. The van der Waals surface area contributed by atoms with Crippen molar-refractivity contribution in [3.05, 3.63) is 17.6 Å². The highest BCUT2D eigenvalue weighted by Gasteiger charge is 2.39. The molecule has 2 fully saturated rings. The Kier molecular flexibility index (Phi) is 9.77. The van der Waals surface area contributed by atoms with Gasteiger partial charge in [-0.1, -0.05) is 13.3 Å². The molecule has 2 atom stereocenters. The number of carbonyl (C=O) groups excluding carboxylic acids is 1. The number of rotatable bonds is 6. The van der Waals surface area contributed by atoms with E-state index in [0.717, 1.165) is 69.1 Å².